The first-order chi connectivity index (χ1) is 32.0. The van der Waals surface area contributed by atoms with Crippen molar-refractivity contribution in [1.82, 2.24) is 36.8 Å². The Morgan fingerprint density at radius 3 is 1.47 bits per heavy atom. The topological polar surface area (TPSA) is 413 Å². The minimum Gasteiger partial charge on any atom is -0.394 e. The van der Waals surface area contributed by atoms with Crippen molar-refractivity contribution in [3.63, 3.8) is 0 Å². The summed E-state index contributed by atoms with van der Waals surface area (Å²) in [5, 5.41) is 26.0. The van der Waals surface area contributed by atoms with E-state index >= 15 is 0 Å². The lowest BCUT2D eigenvalue weighted by molar-refractivity contribution is -0.140. The Morgan fingerprint density at radius 1 is 0.632 bits per heavy atom. The fourth-order valence-corrected chi connectivity index (χ4v) is 7.41. The van der Waals surface area contributed by atoms with Crippen molar-refractivity contribution in [1.29, 1.82) is 0 Å². The Balaban J connectivity index is 2.37. The molecule has 380 valence electrons. The van der Waals surface area contributed by atoms with Crippen molar-refractivity contribution in [2.75, 3.05) is 26.2 Å². The number of hydrogen-bond acceptors (Lipinski definition) is 12. The molecule has 0 spiro atoms. The molecule has 0 saturated carbocycles. The molecule has 1 aromatic carbocycles. The summed E-state index contributed by atoms with van der Waals surface area (Å²) in [4.78, 5) is 117. The van der Waals surface area contributed by atoms with E-state index < -0.39 is 102 Å². The number of rotatable bonds is 29. The van der Waals surface area contributed by atoms with Gasteiger partial charge in [-0.15, -0.1) is 0 Å². The van der Waals surface area contributed by atoms with Crippen molar-refractivity contribution < 1.29 is 43.5 Å². The number of carbonyl (C=O) groups excluding carboxylic acids is 8. The average Bonchev–Trinajstić information content (AvgIpc) is 3.76. The number of nitrogens with two attached hydrogens (primary N) is 6. The van der Waals surface area contributed by atoms with Crippen LogP contribution < -0.4 is 66.3 Å². The maximum absolute atomic E-state index is 14.2. The number of primary amides is 1. The molecule has 0 radical (unpaired) electrons. The van der Waals surface area contributed by atoms with Crippen molar-refractivity contribution in [3.8, 4) is 0 Å². The molecule has 0 unspecified atom stereocenters. The van der Waals surface area contributed by atoms with Gasteiger partial charge < -0.3 is 76.3 Å². The van der Waals surface area contributed by atoms with Crippen LogP contribution in [0.4, 0.5) is 0 Å². The van der Waals surface area contributed by atoms with Crippen LogP contribution in [0.3, 0.4) is 0 Å². The smallest absolute Gasteiger partial charge is 0.245 e. The number of nitrogens with one attached hydrogen (secondary N) is 6. The summed E-state index contributed by atoms with van der Waals surface area (Å²) in [6.45, 7) is 8.35. The predicted molar refractivity (Wildman–Crippen MR) is 255 cm³/mol. The van der Waals surface area contributed by atoms with E-state index in [0.29, 0.717) is 19.4 Å². The molecule has 8 amide bonds. The molecule has 1 fully saturated rings. The lowest BCUT2D eigenvalue weighted by atomic mass is 10.00. The Kier molecular flexibility index (Phi) is 24.8. The summed E-state index contributed by atoms with van der Waals surface area (Å²) in [6.07, 6.45) is 1.48. The van der Waals surface area contributed by atoms with Crippen LogP contribution in [0.25, 0.3) is 0 Å². The number of guanidine groups is 2. The molecule has 8 atom stereocenters. The minimum atomic E-state index is -1.50. The van der Waals surface area contributed by atoms with Crippen molar-refractivity contribution in [3.05, 3.63) is 35.9 Å². The fourth-order valence-electron chi connectivity index (χ4n) is 7.41. The molecule has 0 bridgehead atoms. The third-order valence-electron chi connectivity index (χ3n) is 10.8. The predicted octanol–water partition coefficient (Wildman–Crippen LogP) is -3.85. The van der Waals surface area contributed by atoms with Gasteiger partial charge >= 0.3 is 0 Å². The van der Waals surface area contributed by atoms with Crippen molar-refractivity contribution >= 4 is 59.2 Å². The second kappa shape index (κ2) is 29.3. The second-order valence-corrected chi connectivity index (χ2v) is 17.8. The van der Waals surface area contributed by atoms with Crippen LogP contribution in [0.2, 0.25) is 0 Å². The van der Waals surface area contributed by atoms with Crippen LogP contribution in [0.5, 0.6) is 0 Å². The molecule has 1 aliphatic rings. The zero-order valence-electron chi connectivity index (χ0n) is 39.9. The summed E-state index contributed by atoms with van der Waals surface area (Å²) in [5.41, 5.74) is 34.1. The zero-order chi connectivity index (χ0) is 51.1. The van der Waals surface area contributed by atoms with Gasteiger partial charge in [-0.1, -0.05) is 58.0 Å². The molecule has 0 aromatic heterocycles. The van der Waals surface area contributed by atoms with Crippen molar-refractivity contribution in [2.24, 2.45) is 56.2 Å². The van der Waals surface area contributed by atoms with Crippen LogP contribution >= 0.6 is 0 Å². The quantitative estimate of drug-likeness (QED) is 0.0208. The monoisotopic (exact) mass is 958 g/mol. The largest absolute Gasteiger partial charge is 0.394 e. The Bertz CT molecular complexity index is 1910. The maximum Gasteiger partial charge on any atom is 0.245 e. The minimum absolute atomic E-state index is 0.0209. The highest BCUT2D eigenvalue weighted by Gasteiger charge is 2.38. The lowest BCUT2D eigenvalue weighted by Gasteiger charge is -2.29. The van der Waals surface area contributed by atoms with Crippen LogP contribution in [-0.2, 0) is 44.8 Å². The van der Waals surface area contributed by atoms with E-state index in [1.54, 1.807) is 44.2 Å². The molecule has 19 N–H and O–H groups in total. The van der Waals surface area contributed by atoms with Gasteiger partial charge in [0.1, 0.15) is 42.3 Å². The van der Waals surface area contributed by atoms with E-state index in [1.807, 2.05) is 13.8 Å². The fraction of sp³-hybridized carbons (Fsp3) is 0.636. The number of amides is 8. The third-order valence-corrected chi connectivity index (χ3v) is 10.8. The van der Waals surface area contributed by atoms with E-state index in [9.17, 15) is 43.5 Å². The average molecular weight is 958 g/mol. The summed E-state index contributed by atoms with van der Waals surface area (Å²) >= 11 is 0. The van der Waals surface area contributed by atoms with Gasteiger partial charge in [-0.25, -0.2) is 0 Å². The molecule has 68 heavy (non-hydrogen) atoms. The van der Waals surface area contributed by atoms with Gasteiger partial charge in [0.05, 0.1) is 12.6 Å². The molecule has 1 heterocycles. The van der Waals surface area contributed by atoms with Crippen LogP contribution in [0.15, 0.2) is 40.3 Å². The molecule has 24 heteroatoms. The summed E-state index contributed by atoms with van der Waals surface area (Å²) in [5.74, 6) is -6.59. The van der Waals surface area contributed by atoms with Crippen molar-refractivity contribution in [2.45, 2.75) is 141 Å². The highest BCUT2D eigenvalue weighted by atomic mass is 16.3. The Labute approximate surface area is 397 Å². The summed E-state index contributed by atoms with van der Waals surface area (Å²) in [7, 11) is 0. The number of hydrogen-bond donors (Lipinski definition) is 13. The Morgan fingerprint density at radius 2 is 1.06 bits per heavy atom. The van der Waals surface area contributed by atoms with Crippen LogP contribution in [-0.4, -0.2) is 144 Å². The summed E-state index contributed by atoms with van der Waals surface area (Å²) < 4.78 is 0. The molecular formula is C44H75N15O9. The molecular weight excluding hydrogens is 883 g/mol. The second-order valence-electron chi connectivity index (χ2n) is 17.8. The molecule has 0 aliphatic carbocycles. The SMILES string of the molecule is CC(C)C[C@H](NC(=O)[C@H](CCCN=C(N)N)NC(=O)[C@H](CC(C)C)NC(=O)[C@H](CO)NC(=O)[C@@H]1CCCN1C(=O)[C@H](C)N)C(=O)N[C@@H](CCCN=C(N)N)C(=O)N[C@@H](Cc1ccccc1)C(N)=O. The summed E-state index contributed by atoms with van der Waals surface area (Å²) in [6, 6.07) is -0.615. The number of aliphatic imine (C=N–C) groups is 2. The van der Waals surface area contributed by atoms with Crippen LogP contribution in [0.1, 0.15) is 91.5 Å². The Hall–Kier alpha value is -6.56. The van der Waals surface area contributed by atoms with Gasteiger partial charge in [0.25, 0.3) is 0 Å². The van der Waals surface area contributed by atoms with Gasteiger partial charge in [-0.2, -0.15) is 0 Å². The van der Waals surface area contributed by atoms with Gasteiger partial charge in [0.2, 0.25) is 47.3 Å². The van der Waals surface area contributed by atoms with E-state index in [0.717, 1.165) is 5.56 Å². The number of likely N-dealkylation sites (tertiary alicyclic amines) is 1. The zero-order valence-corrected chi connectivity index (χ0v) is 39.9. The number of benzene rings is 1. The van der Waals surface area contributed by atoms with Gasteiger partial charge in [-0.3, -0.25) is 48.3 Å². The van der Waals surface area contributed by atoms with Gasteiger partial charge in [0.15, 0.2) is 11.9 Å². The molecule has 1 aliphatic heterocycles. The van der Waals surface area contributed by atoms with E-state index in [-0.39, 0.29) is 81.8 Å². The number of carbonyl (C=O) groups is 8. The number of aliphatic hydroxyl groups is 1. The highest BCUT2D eigenvalue weighted by molar-refractivity contribution is 5.98. The molecule has 2 rings (SSSR count). The molecule has 24 nitrogen and oxygen atoms in total. The van der Waals surface area contributed by atoms with Gasteiger partial charge in [-0.05, 0) is 75.7 Å². The van der Waals surface area contributed by atoms with E-state index in [1.165, 1.54) is 11.8 Å². The van der Waals surface area contributed by atoms with E-state index in [2.05, 4.69) is 41.9 Å². The number of nitrogens with zero attached hydrogens (tertiary/aromatic N) is 3. The first-order valence-electron chi connectivity index (χ1n) is 23.0. The number of aliphatic hydroxyl groups excluding tert-OH is 1. The maximum atomic E-state index is 14.2. The first kappa shape index (κ1) is 57.6. The third kappa shape index (κ3) is 20.5. The lowest BCUT2D eigenvalue weighted by Crippen LogP contribution is -2.60. The highest BCUT2D eigenvalue weighted by Crippen LogP contribution is 2.19. The van der Waals surface area contributed by atoms with Gasteiger partial charge in [0, 0.05) is 26.1 Å². The van der Waals surface area contributed by atoms with E-state index in [4.69, 9.17) is 34.4 Å². The molecule has 1 saturated heterocycles. The normalized spacial score (nSPS) is 16.4. The first-order valence-corrected chi connectivity index (χ1v) is 23.0. The van der Waals surface area contributed by atoms with Crippen LogP contribution in [0, 0.1) is 11.8 Å². The molecule has 1 aromatic rings. The standard InChI is InChI=1S/C44H75N15O9/c1-24(2)20-31(38(64)53-28(14-9-17-51-43(47)48)36(62)55-30(35(46)61)22-27-12-7-6-8-13-27)56-37(63)29(15-10-18-52-44(49)50)54-39(65)32(21-25(3)4)57-40(66)33(23-60)58-41(67)34-16-11-19-59(34)42(68)26(5)45/h6-8,12-13,24-26,28-34,60H,9-11,14-23,45H2,1-5H3,(H2,46,61)(H,53,64)(H,54,65)(H,55,62)(H,56,63)(H,57,66)(H,58,67)(H4,47,48,51)(H4,49,50,52)/t26-,28-,29-,30-,31-,32-,33-,34-/m0/s1.